The van der Waals surface area contributed by atoms with Gasteiger partial charge in [-0.2, -0.15) is 0 Å². The molecule has 6 nitrogen and oxygen atoms in total. The number of aliphatic carboxylic acids is 1. The van der Waals surface area contributed by atoms with Crippen molar-refractivity contribution in [1.29, 1.82) is 0 Å². The molecule has 3 N–H and O–H groups in total. The molecule has 0 atom stereocenters. The van der Waals surface area contributed by atoms with Crippen LogP contribution < -0.4 is 10.6 Å². The summed E-state index contributed by atoms with van der Waals surface area (Å²) in [5.41, 5.74) is 6.51. The number of nitrogens with zero attached hydrogens (tertiary/aromatic N) is 2. The highest BCUT2D eigenvalue weighted by atomic mass is 35.5. The third-order valence-electron chi connectivity index (χ3n) is 3.30. The van der Waals surface area contributed by atoms with Crippen LogP contribution in [0.2, 0.25) is 5.02 Å². The van der Waals surface area contributed by atoms with E-state index in [-0.39, 0.29) is 6.54 Å². The topological polar surface area (TPSA) is 86.9 Å². The molecule has 0 bridgehead atoms. The maximum Gasteiger partial charge on any atom is 0.317 e. The van der Waals surface area contributed by atoms with E-state index in [1.807, 2.05) is 9.80 Å². The lowest BCUT2D eigenvalue weighted by Gasteiger charge is -2.36. The summed E-state index contributed by atoms with van der Waals surface area (Å²) in [6, 6.07) is 5.05. The molecule has 0 aliphatic carbocycles. The minimum Gasteiger partial charge on any atom is -0.480 e. The van der Waals surface area contributed by atoms with Gasteiger partial charge in [-0.05, 0) is 18.2 Å². The van der Waals surface area contributed by atoms with Crippen molar-refractivity contribution < 1.29 is 14.7 Å². The molecule has 0 radical (unpaired) electrons. The van der Waals surface area contributed by atoms with E-state index < -0.39 is 11.9 Å². The molecule has 7 heteroatoms. The number of benzene rings is 1. The van der Waals surface area contributed by atoms with Crippen LogP contribution in [0.25, 0.3) is 0 Å². The van der Waals surface area contributed by atoms with Crippen molar-refractivity contribution in [3.05, 3.63) is 28.8 Å². The Kier molecular flexibility index (Phi) is 4.46. The van der Waals surface area contributed by atoms with E-state index in [1.165, 1.54) is 0 Å². The van der Waals surface area contributed by atoms with Crippen LogP contribution in [0.1, 0.15) is 10.4 Å². The quantitative estimate of drug-likeness (QED) is 0.852. The average molecular weight is 298 g/mol. The predicted molar refractivity (Wildman–Crippen MR) is 76.3 cm³/mol. The number of primary amides is 1. The zero-order valence-corrected chi connectivity index (χ0v) is 11.6. The van der Waals surface area contributed by atoms with Crippen LogP contribution in [0.4, 0.5) is 5.69 Å². The van der Waals surface area contributed by atoms with Gasteiger partial charge in [-0.25, -0.2) is 0 Å². The lowest BCUT2D eigenvalue weighted by molar-refractivity contribution is -0.138. The van der Waals surface area contributed by atoms with Crippen molar-refractivity contribution >= 4 is 29.2 Å². The van der Waals surface area contributed by atoms with Gasteiger partial charge in [-0.3, -0.25) is 14.5 Å². The second kappa shape index (κ2) is 6.11. The van der Waals surface area contributed by atoms with Gasteiger partial charge in [0.05, 0.1) is 12.1 Å². The van der Waals surface area contributed by atoms with E-state index in [0.717, 1.165) is 5.69 Å². The van der Waals surface area contributed by atoms with Crippen LogP contribution in [-0.4, -0.2) is 54.6 Å². The van der Waals surface area contributed by atoms with Gasteiger partial charge in [0.15, 0.2) is 0 Å². The molecule has 0 saturated carbocycles. The van der Waals surface area contributed by atoms with Gasteiger partial charge in [-0.15, -0.1) is 0 Å². The maximum absolute atomic E-state index is 11.5. The zero-order valence-electron chi connectivity index (χ0n) is 10.9. The van der Waals surface area contributed by atoms with Crippen molar-refractivity contribution in [3.63, 3.8) is 0 Å². The van der Waals surface area contributed by atoms with Gasteiger partial charge < -0.3 is 15.7 Å². The van der Waals surface area contributed by atoms with Gasteiger partial charge in [0.1, 0.15) is 0 Å². The van der Waals surface area contributed by atoms with Gasteiger partial charge in [0, 0.05) is 36.9 Å². The van der Waals surface area contributed by atoms with E-state index in [4.69, 9.17) is 22.4 Å². The number of rotatable bonds is 4. The number of halogens is 1. The first-order chi connectivity index (χ1) is 9.47. The number of carboxylic acids is 1. The number of amides is 1. The Morgan fingerprint density at radius 3 is 2.45 bits per heavy atom. The van der Waals surface area contributed by atoms with Crippen LogP contribution in [0, 0.1) is 0 Å². The van der Waals surface area contributed by atoms with Crippen molar-refractivity contribution in [1.82, 2.24) is 4.90 Å². The lowest BCUT2D eigenvalue weighted by Crippen LogP contribution is -2.48. The largest absolute Gasteiger partial charge is 0.480 e. The summed E-state index contributed by atoms with van der Waals surface area (Å²) < 4.78 is 0. The third kappa shape index (κ3) is 3.40. The predicted octanol–water partition coefficient (Wildman–Crippen LogP) is 0.645. The number of hydrogen-bond donors (Lipinski definition) is 2. The van der Waals surface area contributed by atoms with Gasteiger partial charge in [-0.1, -0.05) is 11.6 Å². The highest BCUT2D eigenvalue weighted by molar-refractivity contribution is 6.31. The van der Waals surface area contributed by atoms with Crippen molar-refractivity contribution in [2.24, 2.45) is 5.73 Å². The molecule has 1 saturated heterocycles. The third-order valence-corrected chi connectivity index (χ3v) is 3.53. The molecule has 0 unspecified atom stereocenters. The lowest BCUT2D eigenvalue weighted by atomic mass is 10.1. The van der Waals surface area contributed by atoms with Crippen molar-refractivity contribution in [3.8, 4) is 0 Å². The summed E-state index contributed by atoms with van der Waals surface area (Å²) >= 11 is 5.88. The van der Waals surface area contributed by atoms with Crippen LogP contribution >= 0.6 is 11.6 Å². The number of nitrogens with two attached hydrogens (primary N) is 1. The van der Waals surface area contributed by atoms with Gasteiger partial charge in [0.2, 0.25) is 0 Å². The van der Waals surface area contributed by atoms with Crippen molar-refractivity contribution in [2.75, 3.05) is 37.6 Å². The Bertz CT molecular complexity index is 528. The fraction of sp³-hybridized carbons (Fsp3) is 0.385. The summed E-state index contributed by atoms with van der Waals surface area (Å²) in [5, 5.41) is 9.23. The standard InChI is InChI=1S/C13H16ClN3O3/c14-9-1-2-11(10(7-9)13(15)20)17-5-3-16(4-6-17)8-12(18)19/h1-2,7H,3-6,8H2,(H2,15,20)(H,18,19). The van der Waals surface area contributed by atoms with Gasteiger partial charge in [0.25, 0.3) is 5.91 Å². The van der Waals surface area contributed by atoms with Crippen LogP contribution in [-0.2, 0) is 4.79 Å². The first-order valence-electron chi connectivity index (χ1n) is 6.26. The van der Waals surface area contributed by atoms with E-state index in [9.17, 15) is 9.59 Å². The maximum atomic E-state index is 11.5. The first-order valence-corrected chi connectivity index (χ1v) is 6.63. The Balaban J connectivity index is 2.11. The van der Waals surface area contributed by atoms with E-state index in [2.05, 4.69) is 0 Å². The van der Waals surface area contributed by atoms with E-state index in [0.29, 0.717) is 36.8 Å². The SMILES string of the molecule is NC(=O)c1cc(Cl)ccc1N1CCN(CC(=O)O)CC1. The molecular weight excluding hydrogens is 282 g/mol. The van der Waals surface area contributed by atoms with Crippen LogP contribution in [0.3, 0.4) is 0 Å². The molecule has 1 fully saturated rings. The highest BCUT2D eigenvalue weighted by Gasteiger charge is 2.21. The molecule has 0 spiro atoms. The zero-order chi connectivity index (χ0) is 14.7. The average Bonchev–Trinajstić information content (AvgIpc) is 2.39. The van der Waals surface area contributed by atoms with Crippen LogP contribution in [0.5, 0.6) is 0 Å². The number of carbonyl (C=O) groups excluding carboxylic acids is 1. The Hall–Kier alpha value is -1.79. The summed E-state index contributed by atoms with van der Waals surface area (Å²) in [6.45, 7) is 2.60. The number of piperazine rings is 1. The minimum atomic E-state index is -0.831. The van der Waals surface area contributed by atoms with Gasteiger partial charge >= 0.3 is 5.97 Å². The normalized spacial score (nSPS) is 16.1. The van der Waals surface area contributed by atoms with Crippen LogP contribution in [0.15, 0.2) is 18.2 Å². The number of carbonyl (C=O) groups is 2. The molecule has 1 aliphatic heterocycles. The second-order valence-electron chi connectivity index (χ2n) is 4.68. The summed E-state index contributed by atoms with van der Waals surface area (Å²) in [5.74, 6) is -1.35. The van der Waals surface area contributed by atoms with Crippen molar-refractivity contribution in [2.45, 2.75) is 0 Å². The summed E-state index contributed by atoms with van der Waals surface area (Å²) in [6.07, 6.45) is 0. The molecule has 1 aromatic rings. The summed E-state index contributed by atoms with van der Waals surface area (Å²) in [7, 11) is 0. The summed E-state index contributed by atoms with van der Waals surface area (Å²) in [4.78, 5) is 26.0. The fourth-order valence-corrected chi connectivity index (χ4v) is 2.49. The smallest absolute Gasteiger partial charge is 0.317 e. The first kappa shape index (κ1) is 14.6. The monoisotopic (exact) mass is 297 g/mol. The molecule has 0 aromatic heterocycles. The number of carboxylic acid groups (broad SMARTS) is 1. The molecule has 1 amide bonds. The Morgan fingerprint density at radius 2 is 1.90 bits per heavy atom. The number of anilines is 1. The molecule has 1 aliphatic rings. The molecule has 2 rings (SSSR count). The fourth-order valence-electron chi connectivity index (χ4n) is 2.32. The molecular formula is C13H16ClN3O3. The number of hydrogen-bond acceptors (Lipinski definition) is 4. The molecule has 1 heterocycles. The molecule has 108 valence electrons. The Labute approximate surface area is 121 Å². The molecule has 20 heavy (non-hydrogen) atoms. The second-order valence-corrected chi connectivity index (χ2v) is 5.12. The highest BCUT2D eigenvalue weighted by Crippen LogP contribution is 2.25. The Morgan fingerprint density at radius 1 is 1.25 bits per heavy atom. The van der Waals surface area contributed by atoms with E-state index in [1.54, 1.807) is 18.2 Å². The molecule has 1 aromatic carbocycles. The van der Waals surface area contributed by atoms with E-state index >= 15 is 0 Å². The minimum absolute atomic E-state index is 0.0388.